The standard InChI is InChI=1S/C14H15BrN4S2/c1-2-9(16)13(10-6-7-11(15)20-10)21-14-18-17-12-5-3-4-8-19(12)14/h3-9,13H,2,16H2,1H3. The van der Waals surface area contributed by atoms with E-state index in [1.807, 2.05) is 28.8 Å². The second-order valence-electron chi connectivity index (χ2n) is 4.66. The first kappa shape index (κ1) is 15.0. The molecule has 2 atom stereocenters. The summed E-state index contributed by atoms with van der Waals surface area (Å²) in [6, 6.07) is 10.2. The molecule has 0 amide bonds. The van der Waals surface area contributed by atoms with E-state index >= 15 is 0 Å². The van der Waals surface area contributed by atoms with Gasteiger partial charge in [0.2, 0.25) is 0 Å². The molecule has 0 saturated carbocycles. The number of nitrogens with two attached hydrogens (primary N) is 1. The van der Waals surface area contributed by atoms with Crippen molar-refractivity contribution < 1.29 is 0 Å². The minimum Gasteiger partial charge on any atom is -0.326 e. The lowest BCUT2D eigenvalue weighted by Crippen LogP contribution is -2.25. The Balaban J connectivity index is 1.94. The summed E-state index contributed by atoms with van der Waals surface area (Å²) < 4.78 is 3.13. The van der Waals surface area contributed by atoms with E-state index in [0.29, 0.717) is 0 Å². The summed E-state index contributed by atoms with van der Waals surface area (Å²) >= 11 is 6.93. The Morgan fingerprint density at radius 2 is 2.19 bits per heavy atom. The first-order chi connectivity index (χ1) is 10.2. The lowest BCUT2D eigenvalue weighted by molar-refractivity contribution is 0.638. The smallest absolute Gasteiger partial charge is 0.196 e. The summed E-state index contributed by atoms with van der Waals surface area (Å²) in [5.74, 6) is 0. The first-order valence-corrected chi connectivity index (χ1v) is 9.15. The zero-order chi connectivity index (χ0) is 14.8. The van der Waals surface area contributed by atoms with Gasteiger partial charge in [-0.3, -0.25) is 4.40 Å². The maximum Gasteiger partial charge on any atom is 0.196 e. The molecule has 4 nitrogen and oxygen atoms in total. The molecule has 3 heterocycles. The number of pyridine rings is 1. The number of halogens is 1. The highest BCUT2D eigenvalue weighted by atomic mass is 79.9. The molecule has 0 radical (unpaired) electrons. The quantitative estimate of drug-likeness (QED) is 0.674. The third-order valence-corrected chi connectivity index (χ3v) is 6.45. The second kappa shape index (κ2) is 6.48. The average Bonchev–Trinajstić information content (AvgIpc) is 3.10. The number of hydrogen-bond acceptors (Lipinski definition) is 5. The van der Waals surface area contributed by atoms with Crippen molar-refractivity contribution in [2.45, 2.75) is 29.8 Å². The molecule has 0 aliphatic heterocycles. The molecule has 2 N–H and O–H groups in total. The monoisotopic (exact) mass is 382 g/mol. The normalized spacial score (nSPS) is 14.4. The van der Waals surface area contributed by atoms with Gasteiger partial charge in [-0.2, -0.15) is 0 Å². The Kier molecular flexibility index (Phi) is 4.63. The van der Waals surface area contributed by atoms with E-state index in [-0.39, 0.29) is 11.3 Å². The molecule has 0 fully saturated rings. The molecule has 0 aliphatic carbocycles. The number of rotatable bonds is 5. The first-order valence-electron chi connectivity index (χ1n) is 6.66. The molecule has 21 heavy (non-hydrogen) atoms. The fourth-order valence-electron chi connectivity index (χ4n) is 2.07. The Hall–Kier alpha value is -0.890. The molecule has 0 aliphatic rings. The van der Waals surface area contributed by atoms with Gasteiger partial charge in [0.15, 0.2) is 10.8 Å². The Bertz CT molecular complexity index is 739. The predicted octanol–water partition coefficient (Wildman–Crippen LogP) is 4.12. The minimum atomic E-state index is 0.0802. The Labute approximate surface area is 139 Å². The highest BCUT2D eigenvalue weighted by molar-refractivity contribution is 9.11. The van der Waals surface area contributed by atoms with E-state index in [2.05, 4.69) is 45.2 Å². The lowest BCUT2D eigenvalue weighted by Gasteiger charge is -2.20. The van der Waals surface area contributed by atoms with Crippen LogP contribution in [0.5, 0.6) is 0 Å². The number of thioether (sulfide) groups is 1. The number of fused-ring (bicyclic) bond motifs is 1. The maximum absolute atomic E-state index is 6.33. The van der Waals surface area contributed by atoms with Crippen LogP contribution in [0.2, 0.25) is 0 Å². The lowest BCUT2D eigenvalue weighted by atomic mass is 10.1. The molecule has 2 unspecified atom stereocenters. The van der Waals surface area contributed by atoms with Crippen molar-refractivity contribution in [3.8, 4) is 0 Å². The molecule has 3 aromatic heterocycles. The van der Waals surface area contributed by atoms with E-state index in [0.717, 1.165) is 21.0 Å². The number of thiophene rings is 1. The highest BCUT2D eigenvalue weighted by Gasteiger charge is 2.24. The van der Waals surface area contributed by atoms with Crippen LogP contribution in [0.3, 0.4) is 0 Å². The van der Waals surface area contributed by atoms with Gasteiger partial charge in [-0.05, 0) is 46.6 Å². The van der Waals surface area contributed by atoms with Gasteiger partial charge in [-0.15, -0.1) is 21.5 Å². The van der Waals surface area contributed by atoms with Crippen LogP contribution in [-0.2, 0) is 0 Å². The van der Waals surface area contributed by atoms with Crippen LogP contribution in [0.15, 0.2) is 45.5 Å². The van der Waals surface area contributed by atoms with Crippen LogP contribution in [0, 0.1) is 0 Å². The summed E-state index contributed by atoms with van der Waals surface area (Å²) in [6.45, 7) is 2.11. The van der Waals surface area contributed by atoms with E-state index in [1.165, 1.54) is 4.88 Å². The molecular weight excluding hydrogens is 368 g/mol. The van der Waals surface area contributed by atoms with Crippen LogP contribution >= 0.6 is 39.0 Å². The number of aromatic nitrogens is 3. The van der Waals surface area contributed by atoms with E-state index < -0.39 is 0 Å². The van der Waals surface area contributed by atoms with Gasteiger partial charge in [0.25, 0.3) is 0 Å². The zero-order valence-corrected chi connectivity index (χ0v) is 14.7. The number of hydrogen-bond donors (Lipinski definition) is 1. The van der Waals surface area contributed by atoms with Crippen molar-refractivity contribution in [3.63, 3.8) is 0 Å². The minimum absolute atomic E-state index is 0.0802. The summed E-state index contributed by atoms with van der Waals surface area (Å²) in [5.41, 5.74) is 7.19. The van der Waals surface area contributed by atoms with Gasteiger partial charge >= 0.3 is 0 Å². The van der Waals surface area contributed by atoms with Crippen LogP contribution < -0.4 is 5.73 Å². The van der Waals surface area contributed by atoms with E-state index in [9.17, 15) is 0 Å². The molecule has 0 bridgehead atoms. The summed E-state index contributed by atoms with van der Waals surface area (Å²) in [7, 11) is 0. The third kappa shape index (κ3) is 3.15. The van der Waals surface area contributed by atoms with Crippen molar-refractivity contribution in [2.75, 3.05) is 0 Å². The topological polar surface area (TPSA) is 56.2 Å². The molecule has 3 rings (SSSR count). The van der Waals surface area contributed by atoms with Crippen LogP contribution in [0.1, 0.15) is 23.5 Å². The zero-order valence-electron chi connectivity index (χ0n) is 11.4. The van der Waals surface area contributed by atoms with Gasteiger partial charge < -0.3 is 5.73 Å². The van der Waals surface area contributed by atoms with Gasteiger partial charge in [-0.1, -0.05) is 24.8 Å². The van der Waals surface area contributed by atoms with Crippen molar-refractivity contribution >= 4 is 44.7 Å². The average molecular weight is 383 g/mol. The fourth-order valence-corrected chi connectivity index (χ4v) is 4.98. The summed E-state index contributed by atoms with van der Waals surface area (Å²) in [6.07, 6.45) is 2.90. The molecule has 0 saturated heterocycles. The molecule has 0 spiro atoms. The van der Waals surface area contributed by atoms with E-state index in [4.69, 9.17) is 5.73 Å². The van der Waals surface area contributed by atoms with E-state index in [1.54, 1.807) is 23.1 Å². The Morgan fingerprint density at radius 1 is 1.33 bits per heavy atom. The van der Waals surface area contributed by atoms with Crippen molar-refractivity contribution in [1.82, 2.24) is 14.6 Å². The van der Waals surface area contributed by atoms with Gasteiger partial charge in [0, 0.05) is 17.1 Å². The van der Waals surface area contributed by atoms with Crippen LogP contribution in [-0.4, -0.2) is 20.6 Å². The molecule has 3 aromatic rings. The summed E-state index contributed by atoms with van der Waals surface area (Å²) in [5, 5.41) is 9.56. The van der Waals surface area contributed by atoms with Crippen molar-refractivity contribution in [2.24, 2.45) is 5.73 Å². The maximum atomic E-state index is 6.33. The molecule has 110 valence electrons. The molecule has 0 aromatic carbocycles. The van der Waals surface area contributed by atoms with Gasteiger partial charge in [-0.25, -0.2) is 0 Å². The van der Waals surface area contributed by atoms with Crippen LogP contribution in [0.25, 0.3) is 5.65 Å². The molecule has 7 heteroatoms. The Morgan fingerprint density at radius 3 is 2.90 bits per heavy atom. The fraction of sp³-hybridized carbons (Fsp3) is 0.286. The second-order valence-corrected chi connectivity index (χ2v) is 8.27. The van der Waals surface area contributed by atoms with Crippen molar-refractivity contribution in [1.29, 1.82) is 0 Å². The summed E-state index contributed by atoms with van der Waals surface area (Å²) in [4.78, 5) is 1.26. The number of nitrogens with zero attached hydrogens (tertiary/aromatic N) is 3. The van der Waals surface area contributed by atoms with Crippen molar-refractivity contribution in [3.05, 3.63) is 45.2 Å². The highest BCUT2D eigenvalue weighted by Crippen LogP contribution is 2.41. The van der Waals surface area contributed by atoms with Gasteiger partial charge in [0.05, 0.1) is 9.04 Å². The third-order valence-electron chi connectivity index (χ3n) is 3.25. The van der Waals surface area contributed by atoms with Crippen LogP contribution in [0.4, 0.5) is 0 Å². The largest absolute Gasteiger partial charge is 0.326 e. The molecular formula is C14H15BrN4S2. The predicted molar refractivity (Wildman–Crippen MR) is 91.9 cm³/mol. The SMILES string of the molecule is CCC(N)C(Sc1nnc2ccccn12)c1ccc(Br)s1. The van der Waals surface area contributed by atoms with Gasteiger partial charge in [0.1, 0.15) is 0 Å².